The summed E-state index contributed by atoms with van der Waals surface area (Å²) in [6, 6.07) is 4.05. The first kappa shape index (κ1) is 15.5. The van der Waals surface area contributed by atoms with Gasteiger partial charge in [-0.05, 0) is 44.7 Å². The standard InChI is InChI=1S/C13H17FN4O2S/c1-8-6-10(4-5-11(8)14)18-21(19,20)13-9(2)16-17-12(13)7-15-3/h4-6,15,18H,7H2,1-3H3,(H,16,17). The predicted octanol–water partition coefficient (Wildman–Crippen LogP) is 1.69. The van der Waals surface area contributed by atoms with Crippen molar-refractivity contribution in [3.8, 4) is 0 Å². The lowest BCUT2D eigenvalue weighted by Gasteiger charge is -2.10. The van der Waals surface area contributed by atoms with Crippen molar-refractivity contribution >= 4 is 15.7 Å². The van der Waals surface area contributed by atoms with Crippen LogP contribution in [0.5, 0.6) is 0 Å². The number of hydrogen-bond donors (Lipinski definition) is 3. The topological polar surface area (TPSA) is 86.9 Å². The molecule has 114 valence electrons. The van der Waals surface area contributed by atoms with Crippen LogP contribution in [0.4, 0.5) is 10.1 Å². The fraction of sp³-hybridized carbons (Fsp3) is 0.308. The molecule has 0 aliphatic rings. The highest BCUT2D eigenvalue weighted by Crippen LogP contribution is 2.22. The van der Waals surface area contributed by atoms with E-state index in [1.165, 1.54) is 18.2 Å². The van der Waals surface area contributed by atoms with Gasteiger partial charge >= 0.3 is 0 Å². The monoisotopic (exact) mass is 312 g/mol. The molecule has 1 aromatic heterocycles. The van der Waals surface area contributed by atoms with E-state index < -0.39 is 10.0 Å². The van der Waals surface area contributed by atoms with Crippen molar-refractivity contribution < 1.29 is 12.8 Å². The molecular formula is C13H17FN4O2S. The van der Waals surface area contributed by atoms with Crippen molar-refractivity contribution in [1.82, 2.24) is 15.5 Å². The lowest BCUT2D eigenvalue weighted by atomic mass is 10.2. The minimum atomic E-state index is -3.79. The number of anilines is 1. The molecule has 0 amide bonds. The third kappa shape index (κ3) is 3.22. The van der Waals surface area contributed by atoms with Gasteiger partial charge in [0.15, 0.2) is 0 Å². The molecule has 1 heterocycles. The van der Waals surface area contributed by atoms with Crippen LogP contribution >= 0.6 is 0 Å². The maximum Gasteiger partial charge on any atom is 0.265 e. The molecule has 0 radical (unpaired) electrons. The van der Waals surface area contributed by atoms with Crippen LogP contribution in [0, 0.1) is 19.7 Å². The molecule has 2 rings (SSSR count). The summed E-state index contributed by atoms with van der Waals surface area (Å²) in [6.07, 6.45) is 0. The molecule has 0 saturated carbocycles. The number of aryl methyl sites for hydroxylation is 2. The van der Waals surface area contributed by atoms with Crippen LogP contribution in [0.3, 0.4) is 0 Å². The Balaban J connectivity index is 2.38. The van der Waals surface area contributed by atoms with E-state index in [4.69, 9.17) is 0 Å². The summed E-state index contributed by atoms with van der Waals surface area (Å²) in [7, 11) is -2.08. The smallest absolute Gasteiger partial charge is 0.265 e. The number of aromatic nitrogens is 2. The van der Waals surface area contributed by atoms with Gasteiger partial charge in [-0.25, -0.2) is 12.8 Å². The van der Waals surface area contributed by atoms with Gasteiger partial charge in [-0.2, -0.15) is 5.10 Å². The minimum absolute atomic E-state index is 0.110. The van der Waals surface area contributed by atoms with Gasteiger partial charge in [0.05, 0.1) is 11.4 Å². The lowest BCUT2D eigenvalue weighted by molar-refractivity contribution is 0.598. The van der Waals surface area contributed by atoms with Crippen LogP contribution < -0.4 is 10.0 Å². The summed E-state index contributed by atoms with van der Waals surface area (Å²) in [6.45, 7) is 3.53. The molecule has 3 N–H and O–H groups in total. The Morgan fingerprint density at radius 3 is 2.67 bits per heavy atom. The molecular weight excluding hydrogens is 295 g/mol. The number of H-pyrrole nitrogens is 1. The summed E-state index contributed by atoms with van der Waals surface area (Å²) in [5.74, 6) is -0.381. The van der Waals surface area contributed by atoms with Crippen LogP contribution in [0.15, 0.2) is 23.1 Å². The zero-order valence-electron chi connectivity index (χ0n) is 12.0. The number of hydrogen-bond acceptors (Lipinski definition) is 4. The van der Waals surface area contributed by atoms with E-state index in [0.29, 0.717) is 29.2 Å². The third-order valence-corrected chi connectivity index (χ3v) is 4.57. The Morgan fingerprint density at radius 1 is 1.33 bits per heavy atom. The van der Waals surface area contributed by atoms with Crippen LogP contribution in [-0.2, 0) is 16.6 Å². The highest BCUT2D eigenvalue weighted by Gasteiger charge is 2.24. The summed E-state index contributed by atoms with van der Waals surface area (Å²) >= 11 is 0. The quantitative estimate of drug-likeness (QED) is 0.784. The molecule has 0 saturated heterocycles. The van der Waals surface area contributed by atoms with Gasteiger partial charge in [-0.1, -0.05) is 0 Å². The zero-order chi connectivity index (χ0) is 15.6. The van der Waals surface area contributed by atoms with Crippen molar-refractivity contribution in [2.45, 2.75) is 25.3 Å². The molecule has 0 atom stereocenters. The maximum absolute atomic E-state index is 13.2. The summed E-state index contributed by atoms with van der Waals surface area (Å²) < 4.78 is 40.6. The molecule has 2 aromatic rings. The highest BCUT2D eigenvalue weighted by atomic mass is 32.2. The minimum Gasteiger partial charge on any atom is -0.314 e. The van der Waals surface area contributed by atoms with E-state index in [2.05, 4.69) is 20.2 Å². The second-order valence-corrected chi connectivity index (χ2v) is 6.34. The molecule has 1 aromatic carbocycles. The number of benzene rings is 1. The average molecular weight is 312 g/mol. The van der Waals surface area contributed by atoms with Gasteiger partial charge in [0.25, 0.3) is 10.0 Å². The summed E-state index contributed by atoms with van der Waals surface area (Å²) in [5.41, 5.74) is 1.53. The molecule has 6 nitrogen and oxygen atoms in total. The normalized spacial score (nSPS) is 11.6. The first-order chi connectivity index (χ1) is 9.85. The number of nitrogens with zero attached hydrogens (tertiary/aromatic N) is 1. The first-order valence-electron chi connectivity index (χ1n) is 6.32. The van der Waals surface area contributed by atoms with Crippen molar-refractivity contribution in [3.05, 3.63) is 41.0 Å². The van der Waals surface area contributed by atoms with Crippen molar-refractivity contribution in [2.75, 3.05) is 11.8 Å². The number of halogens is 1. The third-order valence-electron chi connectivity index (χ3n) is 2.98. The van der Waals surface area contributed by atoms with E-state index in [1.807, 2.05) is 0 Å². The molecule has 0 unspecified atom stereocenters. The highest BCUT2D eigenvalue weighted by molar-refractivity contribution is 7.92. The Hall–Kier alpha value is -1.93. The second-order valence-electron chi connectivity index (χ2n) is 4.72. The number of rotatable bonds is 5. The zero-order valence-corrected chi connectivity index (χ0v) is 12.8. The van der Waals surface area contributed by atoms with E-state index in [0.717, 1.165) is 0 Å². The molecule has 8 heteroatoms. The molecule has 0 aliphatic heterocycles. The fourth-order valence-electron chi connectivity index (χ4n) is 2.03. The number of nitrogens with one attached hydrogen (secondary N) is 3. The van der Waals surface area contributed by atoms with E-state index in [-0.39, 0.29) is 10.7 Å². The van der Waals surface area contributed by atoms with Crippen molar-refractivity contribution in [2.24, 2.45) is 0 Å². The molecule has 21 heavy (non-hydrogen) atoms. The predicted molar refractivity (Wildman–Crippen MR) is 78.0 cm³/mol. The summed E-state index contributed by atoms with van der Waals surface area (Å²) in [4.78, 5) is 0.110. The van der Waals surface area contributed by atoms with Gasteiger partial charge in [-0.3, -0.25) is 9.82 Å². The van der Waals surface area contributed by atoms with Crippen LogP contribution in [0.1, 0.15) is 17.0 Å². The molecule has 0 aliphatic carbocycles. The Morgan fingerprint density at radius 2 is 2.05 bits per heavy atom. The first-order valence-corrected chi connectivity index (χ1v) is 7.81. The van der Waals surface area contributed by atoms with Gasteiger partial charge in [-0.15, -0.1) is 0 Å². The fourth-order valence-corrected chi connectivity index (χ4v) is 3.44. The van der Waals surface area contributed by atoms with Gasteiger partial charge < -0.3 is 5.32 Å². The number of sulfonamides is 1. The lowest BCUT2D eigenvalue weighted by Crippen LogP contribution is -2.17. The van der Waals surface area contributed by atoms with Gasteiger partial charge in [0.1, 0.15) is 10.7 Å². The van der Waals surface area contributed by atoms with E-state index in [9.17, 15) is 12.8 Å². The SMILES string of the molecule is CNCc1n[nH]c(C)c1S(=O)(=O)Nc1ccc(F)c(C)c1. The second kappa shape index (κ2) is 5.82. The largest absolute Gasteiger partial charge is 0.314 e. The summed E-state index contributed by atoms with van der Waals surface area (Å²) in [5, 5.41) is 9.51. The Bertz CT molecular complexity index is 756. The Labute approximate surface area is 122 Å². The molecule has 0 fully saturated rings. The Kier molecular flexibility index (Phi) is 4.29. The van der Waals surface area contributed by atoms with Crippen molar-refractivity contribution in [3.63, 3.8) is 0 Å². The van der Waals surface area contributed by atoms with Crippen molar-refractivity contribution in [1.29, 1.82) is 0 Å². The van der Waals surface area contributed by atoms with Crippen LogP contribution in [0.25, 0.3) is 0 Å². The van der Waals surface area contributed by atoms with Gasteiger partial charge in [0.2, 0.25) is 0 Å². The number of aromatic amines is 1. The average Bonchev–Trinajstić information content (AvgIpc) is 2.76. The van der Waals surface area contributed by atoms with E-state index in [1.54, 1.807) is 20.9 Å². The van der Waals surface area contributed by atoms with Crippen LogP contribution in [-0.4, -0.2) is 25.7 Å². The van der Waals surface area contributed by atoms with E-state index >= 15 is 0 Å². The molecule has 0 spiro atoms. The maximum atomic E-state index is 13.2. The molecule has 0 bridgehead atoms. The van der Waals surface area contributed by atoms with Crippen LogP contribution in [0.2, 0.25) is 0 Å². The van der Waals surface area contributed by atoms with Gasteiger partial charge in [0, 0.05) is 12.2 Å².